The highest BCUT2D eigenvalue weighted by Crippen LogP contribution is 2.41. The third-order valence-corrected chi connectivity index (χ3v) is 22.2. The highest BCUT2D eigenvalue weighted by Gasteiger charge is 2.36. The van der Waals surface area contributed by atoms with Crippen LogP contribution in [0, 0.1) is 24.7 Å². The number of Topliss-reactive ketones (excluding diaryl/α,β-unsaturated/α-hetero) is 1. The van der Waals surface area contributed by atoms with Crippen molar-refractivity contribution >= 4 is 115 Å². The summed E-state index contributed by atoms with van der Waals surface area (Å²) in [5.41, 5.74) is 2.98. The summed E-state index contributed by atoms with van der Waals surface area (Å²) >= 11 is 7.38. The van der Waals surface area contributed by atoms with Gasteiger partial charge in [-0.3, -0.25) is 38.5 Å². The molecular weight excluding hydrogens is 1290 g/mol. The molecule has 30 heteroatoms. The number of aliphatic hydroxyl groups is 2. The molecule has 8 aromatic rings. The minimum Gasteiger partial charge on any atom is -0.395 e. The van der Waals surface area contributed by atoms with Gasteiger partial charge >= 0.3 is 0 Å². The van der Waals surface area contributed by atoms with Crippen LogP contribution in [-0.2, 0) is 30.5 Å². The van der Waals surface area contributed by atoms with Crippen molar-refractivity contribution in [3.63, 3.8) is 0 Å². The van der Waals surface area contributed by atoms with Crippen molar-refractivity contribution in [2.24, 2.45) is 17.8 Å². The fourth-order valence-electron chi connectivity index (χ4n) is 11.3. The van der Waals surface area contributed by atoms with E-state index < -0.39 is 48.4 Å². The van der Waals surface area contributed by atoms with Gasteiger partial charge in [0.25, 0.3) is 11.8 Å². The topological polar surface area (TPSA) is 326 Å². The monoisotopic (exact) mass is 1360 g/mol. The number of piperazine rings is 1. The molecule has 1 aromatic carbocycles. The van der Waals surface area contributed by atoms with Gasteiger partial charge < -0.3 is 46.4 Å². The number of pyridine rings is 1. The smallest absolute Gasteiger partial charge is 0.271 e. The number of methoxy groups -OCH3 is 1. The van der Waals surface area contributed by atoms with Gasteiger partial charge in [0.1, 0.15) is 77.2 Å². The number of aryl methyl sites for hydroxylation is 1. The molecule has 2 aliphatic heterocycles. The zero-order valence-electron chi connectivity index (χ0n) is 50.9. The van der Waals surface area contributed by atoms with E-state index in [0.29, 0.717) is 125 Å². The molecule has 7 N–H and O–H groups in total. The molecule has 1 saturated heterocycles. The van der Waals surface area contributed by atoms with Crippen molar-refractivity contribution in [1.29, 1.82) is 0 Å². The van der Waals surface area contributed by atoms with Gasteiger partial charge in [0, 0.05) is 103 Å². The van der Waals surface area contributed by atoms with Gasteiger partial charge in [0.15, 0.2) is 5.78 Å². The number of ether oxygens (including phenoxy) is 1. The molecule has 0 radical (unpaired) electrons. The third kappa shape index (κ3) is 15.1. The van der Waals surface area contributed by atoms with Crippen molar-refractivity contribution in [3.8, 4) is 43.4 Å². The third-order valence-electron chi connectivity index (χ3n) is 16.4. The number of nitrogens with zero attached hydrogens (tertiary/aromatic N) is 9. The number of anilines is 1. The number of thiazole rings is 6. The minimum absolute atomic E-state index is 0.0290. The molecule has 0 spiro atoms. The van der Waals surface area contributed by atoms with Crippen LogP contribution >= 0.6 is 68.0 Å². The molecule has 4 atom stereocenters. The number of hydrogen-bond acceptors (Lipinski definition) is 24. The van der Waals surface area contributed by atoms with E-state index in [9.17, 15) is 43.8 Å². The number of hydrogen-bond donors (Lipinski definition) is 7. The van der Waals surface area contributed by atoms with E-state index in [1.807, 2.05) is 36.3 Å². The Bertz CT molecular complexity index is 3990. The second kappa shape index (κ2) is 29.6. The van der Waals surface area contributed by atoms with Gasteiger partial charge in [-0.05, 0) is 56.2 Å². The average molecular weight is 1360 g/mol. The maximum atomic E-state index is 14.4. The molecule has 482 valence electrons. The van der Waals surface area contributed by atoms with E-state index in [-0.39, 0.29) is 84.4 Å². The molecule has 7 aromatic heterocycles. The normalized spacial score (nSPS) is 19.8. The fraction of sp³-hybridized carbons (Fsp3) is 0.419. The van der Waals surface area contributed by atoms with Crippen LogP contribution in [0.25, 0.3) is 43.4 Å². The van der Waals surface area contributed by atoms with Crippen LogP contribution in [0.2, 0.25) is 0 Å². The number of benzene rings is 1. The number of β-amino-alcohol motifs (C(OH)–C–C–N with tert-alkyl or cyclic N) is 1. The van der Waals surface area contributed by atoms with Crippen molar-refractivity contribution in [3.05, 3.63) is 111 Å². The summed E-state index contributed by atoms with van der Waals surface area (Å²) in [5, 5.41) is 45.0. The summed E-state index contributed by atoms with van der Waals surface area (Å²) in [6.45, 7) is 8.58. The molecule has 0 unspecified atom stereocenters. The lowest BCUT2D eigenvalue weighted by Crippen LogP contribution is -2.51. The van der Waals surface area contributed by atoms with Crippen LogP contribution in [0.1, 0.15) is 138 Å². The van der Waals surface area contributed by atoms with E-state index in [1.165, 1.54) is 82.2 Å². The Morgan fingerprint density at radius 2 is 1.41 bits per heavy atom. The maximum absolute atomic E-state index is 14.4. The SMILES string of the molecule is CNC(=O)C[C@@H]1NC(=O)c2csc(n2)-c2ccc(-c3nc(NC(=O)C4CCC(C(=O)N5CCN(CCO)CC5)CC4)cs3)nc2-c2csc(n2)-c2csc(n2)[C@H]([C@@H](O)c2ccccc2)NC(=O)CNC(=O)c2nc(sc2COC)[C@H](C(C)C)CC(=O)c2nc1sc2C. The zero-order valence-corrected chi connectivity index (χ0v) is 55.8. The molecule has 2 fully saturated rings. The first-order valence-corrected chi connectivity index (χ1v) is 35.2. The average Bonchev–Trinajstić information content (AvgIpc) is 1.60. The van der Waals surface area contributed by atoms with Gasteiger partial charge in [-0.1, -0.05) is 44.2 Å². The van der Waals surface area contributed by atoms with E-state index >= 15 is 0 Å². The number of ketones is 1. The molecule has 6 amide bonds. The standard InChI is InChI=1S/C62H68N14O10S6/c1-31(2)37-23-43(78)48-32(3)91-60(73-48)39(24-46(79)63-4)66-54(83)41-28-87-56(68-41)36-15-16-38(58-71-45(30-90-58)70-53(82)34-11-13-35(14-12-34)62(85)76-19-17-75(18-20-76)21-22-77)65-49(36)40-27-88-59(67-40)42-29-89-61(69-42)51(52(81)33-9-7-6-8-10-33)72-47(80)25-64-55(84)50-44(26-86-5)92-57(37)74-50/h6-10,15-16,27-31,34-35,37,39,51-52,77,81H,11-14,17-26H2,1-5H3,(H,63,79)(H,64,84)(H,66,83)(H,70,82)(H,72,80)/t34?,35?,37-,39-,51-,52-/m0/s1. The largest absolute Gasteiger partial charge is 0.395 e. The summed E-state index contributed by atoms with van der Waals surface area (Å²) in [6.07, 6.45) is 0.853. The molecule has 92 heavy (non-hydrogen) atoms. The predicted molar refractivity (Wildman–Crippen MR) is 353 cm³/mol. The van der Waals surface area contributed by atoms with Gasteiger partial charge in [-0.2, -0.15) is 0 Å². The Morgan fingerprint density at radius 3 is 2.15 bits per heavy atom. The summed E-state index contributed by atoms with van der Waals surface area (Å²) in [7, 11) is 2.97. The first kappa shape index (κ1) is 66.0. The van der Waals surface area contributed by atoms with Crippen molar-refractivity contribution in [1.82, 2.24) is 66.0 Å². The first-order chi connectivity index (χ1) is 44.4. The summed E-state index contributed by atoms with van der Waals surface area (Å²) < 4.78 is 5.48. The molecule has 3 aliphatic rings. The Kier molecular flexibility index (Phi) is 21.2. The number of amides is 6. The lowest BCUT2D eigenvalue weighted by Gasteiger charge is -2.37. The Labute approximate surface area is 553 Å². The van der Waals surface area contributed by atoms with Crippen LogP contribution in [-0.4, -0.2) is 156 Å². The van der Waals surface area contributed by atoms with E-state index in [4.69, 9.17) is 39.6 Å². The number of rotatable bonds is 13. The van der Waals surface area contributed by atoms with Crippen LogP contribution in [0.15, 0.2) is 64.0 Å². The van der Waals surface area contributed by atoms with E-state index in [2.05, 4.69) is 31.5 Å². The lowest BCUT2D eigenvalue weighted by atomic mass is 9.81. The molecule has 11 rings (SSSR count). The highest BCUT2D eigenvalue weighted by molar-refractivity contribution is 7.15. The van der Waals surface area contributed by atoms with Crippen molar-refractivity contribution in [2.75, 3.05) is 65.3 Å². The molecule has 1 saturated carbocycles. The summed E-state index contributed by atoms with van der Waals surface area (Å²) in [4.78, 5) is 137. The number of carbonyl (C=O) groups excluding carboxylic acids is 7. The van der Waals surface area contributed by atoms with Crippen LogP contribution in [0.5, 0.6) is 0 Å². The quantitative estimate of drug-likeness (QED) is 0.0573. The first-order valence-electron chi connectivity index (χ1n) is 30.0. The molecule has 24 nitrogen and oxygen atoms in total. The van der Waals surface area contributed by atoms with Crippen LogP contribution in [0.4, 0.5) is 5.82 Å². The second-order valence-electron chi connectivity index (χ2n) is 22.9. The zero-order chi connectivity index (χ0) is 64.7. The van der Waals surface area contributed by atoms with E-state index in [1.54, 1.807) is 53.4 Å². The minimum atomic E-state index is -1.27. The molecular formula is C62H68N14O10S6. The van der Waals surface area contributed by atoms with Gasteiger partial charge in [-0.25, -0.2) is 34.9 Å². The maximum Gasteiger partial charge on any atom is 0.271 e. The van der Waals surface area contributed by atoms with Crippen molar-refractivity contribution < 1.29 is 48.5 Å². The molecule has 9 heterocycles. The van der Waals surface area contributed by atoms with Crippen molar-refractivity contribution in [2.45, 2.75) is 90.0 Å². The predicted octanol–water partition coefficient (Wildman–Crippen LogP) is 8.08. The number of fused-ring (bicyclic) bond motifs is 14. The Hall–Kier alpha value is -7.52. The fourth-order valence-corrected chi connectivity index (χ4v) is 16.9. The van der Waals surface area contributed by atoms with Crippen LogP contribution < -0.4 is 26.6 Å². The lowest BCUT2D eigenvalue weighted by molar-refractivity contribution is -0.139. The number of nitrogens with one attached hydrogen (secondary N) is 5. The second-order valence-corrected chi connectivity index (χ2v) is 28.7. The van der Waals surface area contributed by atoms with Gasteiger partial charge in [0.05, 0.1) is 47.8 Å². The van der Waals surface area contributed by atoms with Crippen LogP contribution in [0.3, 0.4) is 0 Å². The number of aliphatic hydroxyl groups excluding tert-OH is 2. The number of aromatic nitrogens is 7. The Morgan fingerprint density at radius 1 is 0.717 bits per heavy atom. The molecule has 1 aliphatic carbocycles. The van der Waals surface area contributed by atoms with E-state index in [0.717, 1.165) is 13.1 Å². The van der Waals surface area contributed by atoms with Gasteiger partial charge in [-0.15, -0.1) is 68.0 Å². The Balaban J connectivity index is 0.911. The highest BCUT2D eigenvalue weighted by atomic mass is 32.1. The van der Waals surface area contributed by atoms with Gasteiger partial charge in [0.2, 0.25) is 23.6 Å². The summed E-state index contributed by atoms with van der Waals surface area (Å²) in [5.74, 6) is -3.28. The molecule has 10 bridgehead atoms. The summed E-state index contributed by atoms with van der Waals surface area (Å²) in [6, 6.07) is 10.4. The number of carbonyl (C=O) groups is 7.